The monoisotopic (exact) mass is 323 g/mol. The molecule has 120 valence electrons. The third-order valence-corrected chi connectivity index (χ3v) is 4.47. The van der Waals surface area contributed by atoms with Crippen LogP contribution in [-0.2, 0) is 0 Å². The standard InChI is InChI=1S/C23H17NO/c1-16-8-7-11-18-14-19(15-25)23(24-22(16)18)21-13-6-5-12-20(21)17-9-3-2-4-10-17/h2-15H,1H3. The fourth-order valence-corrected chi connectivity index (χ4v) is 3.23. The van der Waals surface area contributed by atoms with Gasteiger partial charge < -0.3 is 0 Å². The molecule has 0 saturated heterocycles. The van der Waals surface area contributed by atoms with E-state index >= 15 is 0 Å². The first-order valence-electron chi connectivity index (χ1n) is 8.28. The van der Waals surface area contributed by atoms with Crippen molar-refractivity contribution in [2.45, 2.75) is 6.92 Å². The molecule has 25 heavy (non-hydrogen) atoms. The fraction of sp³-hybridized carbons (Fsp3) is 0.0435. The van der Waals surface area contributed by atoms with Crippen molar-refractivity contribution >= 4 is 17.2 Å². The second-order valence-corrected chi connectivity index (χ2v) is 6.10. The summed E-state index contributed by atoms with van der Waals surface area (Å²) >= 11 is 0. The molecule has 0 saturated carbocycles. The molecule has 0 aliphatic carbocycles. The van der Waals surface area contributed by atoms with Crippen molar-refractivity contribution in [3.05, 3.63) is 90.0 Å². The lowest BCUT2D eigenvalue weighted by molar-refractivity contribution is 0.112. The van der Waals surface area contributed by atoms with Gasteiger partial charge in [0, 0.05) is 16.5 Å². The number of aldehydes is 1. The third-order valence-electron chi connectivity index (χ3n) is 4.47. The maximum absolute atomic E-state index is 11.7. The number of pyridine rings is 1. The van der Waals surface area contributed by atoms with Gasteiger partial charge in [-0.25, -0.2) is 4.98 Å². The number of aromatic nitrogens is 1. The molecule has 0 aliphatic heterocycles. The smallest absolute Gasteiger partial charge is 0.152 e. The highest BCUT2D eigenvalue weighted by molar-refractivity contribution is 5.97. The number of aryl methyl sites for hydroxylation is 1. The van der Waals surface area contributed by atoms with E-state index in [4.69, 9.17) is 4.98 Å². The lowest BCUT2D eigenvalue weighted by atomic mass is 9.94. The number of para-hydroxylation sites is 1. The van der Waals surface area contributed by atoms with Gasteiger partial charge in [-0.3, -0.25) is 4.79 Å². The molecule has 2 nitrogen and oxygen atoms in total. The number of rotatable bonds is 3. The van der Waals surface area contributed by atoms with Gasteiger partial charge >= 0.3 is 0 Å². The van der Waals surface area contributed by atoms with Crippen molar-refractivity contribution < 1.29 is 4.79 Å². The van der Waals surface area contributed by atoms with Crippen molar-refractivity contribution in [3.63, 3.8) is 0 Å². The Labute approximate surface area is 146 Å². The van der Waals surface area contributed by atoms with E-state index in [1.807, 2.05) is 67.6 Å². The Morgan fingerprint density at radius 2 is 1.52 bits per heavy atom. The van der Waals surface area contributed by atoms with E-state index in [2.05, 4.69) is 18.2 Å². The van der Waals surface area contributed by atoms with Crippen LogP contribution in [0.2, 0.25) is 0 Å². The molecule has 1 heterocycles. The summed E-state index contributed by atoms with van der Waals surface area (Å²) in [5.41, 5.74) is 6.55. The number of benzene rings is 3. The minimum absolute atomic E-state index is 0.612. The average molecular weight is 323 g/mol. The van der Waals surface area contributed by atoms with Crippen molar-refractivity contribution in [1.82, 2.24) is 4.98 Å². The number of carbonyl (C=O) groups is 1. The zero-order valence-electron chi connectivity index (χ0n) is 13.9. The minimum Gasteiger partial charge on any atom is -0.298 e. The molecular weight excluding hydrogens is 306 g/mol. The fourth-order valence-electron chi connectivity index (χ4n) is 3.23. The molecule has 0 spiro atoms. The molecule has 4 aromatic rings. The quantitative estimate of drug-likeness (QED) is 0.453. The van der Waals surface area contributed by atoms with Crippen LogP contribution in [0.15, 0.2) is 78.9 Å². The third kappa shape index (κ3) is 2.72. The van der Waals surface area contributed by atoms with Crippen LogP contribution in [0.4, 0.5) is 0 Å². The van der Waals surface area contributed by atoms with Crippen molar-refractivity contribution in [3.8, 4) is 22.4 Å². The van der Waals surface area contributed by atoms with Gasteiger partial charge in [0.15, 0.2) is 6.29 Å². The summed E-state index contributed by atoms with van der Waals surface area (Å²) < 4.78 is 0. The predicted octanol–water partition coefficient (Wildman–Crippen LogP) is 5.69. The molecule has 0 amide bonds. The van der Waals surface area contributed by atoms with E-state index in [9.17, 15) is 4.79 Å². The summed E-state index contributed by atoms with van der Waals surface area (Å²) in [5.74, 6) is 0. The van der Waals surface area contributed by atoms with Crippen molar-refractivity contribution in [1.29, 1.82) is 0 Å². The first kappa shape index (κ1) is 15.3. The number of hydrogen-bond donors (Lipinski definition) is 0. The number of carbonyl (C=O) groups excluding carboxylic acids is 1. The van der Waals surface area contributed by atoms with E-state index in [-0.39, 0.29) is 0 Å². The van der Waals surface area contributed by atoms with Crippen molar-refractivity contribution in [2.75, 3.05) is 0 Å². The van der Waals surface area contributed by atoms with Gasteiger partial charge in [0.25, 0.3) is 0 Å². The van der Waals surface area contributed by atoms with Crippen LogP contribution < -0.4 is 0 Å². The molecular formula is C23H17NO. The van der Waals surface area contributed by atoms with Crippen LogP contribution >= 0.6 is 0 Å². The number of nitrogens with zero attached hydrogens (tertiary/aromatic N) is 1. The second kappa shape index (κ2) is 6.33. The average Bonchev–Trinajstić information content (AvgIpc) is 2.68. The van der Waals surface area contributed by atoms with Gasteiger partial charge in [-0.2, -0.15) is 0 Å². The molecule has 0 bridgehead atoms. The summed E-state index contributed by atoms with van der Waals surface area (Å²) in [4.78, 5) is 16.6. The van der Waals surface area contributed by atoms with Crippen LogP contribution in [-0.4, -0.2) is 11.3 Å². The topological polar surface area (TPSA) is 30.0 Å². The first-order chi connectivity index (χ1) is 12.3. The normalized spacial score (nSPS) is 10.8. The summed E-state index contributed by atoms with van der Waals surface area (Å²) in [6.45, 7) is 2.04. The molecule has 0 fully saturated rings. The van der Waals surface area contributed by atoms with Gasteiger partial charge in [0.05, 0.1) is 11.2 Å². The van der Waals surface area contributed by atoms with Gasteiger partial charge in [-0.15, -0.1) is 0 Å². The molecule has 0 atom stereocenters. The highest BCUT2D eigenvalue weighted by Gasteiger charge is 2.14. The van der Waals surface area contributed by atoms with Crippen LogP contribution in [0.25, 0.3) is 33.3 Å². The van der Waals surface area contributed by atoms with E-state index in [0.717, 1.165) is 45.1 Å². The summed E-state index contributed by atoms with van der Waals surface area (Å²) in [7, 11) is 0. The first-order valence-corrected chi connectivity index (χ1v) is 8.28. The Morgan fingerprint density at radius 1 is 0.800 bits per heavy atom. The number of hydrogen-bond acceptors (Lipinski definition) is 2. The summed E-state index contributed by atoms with van der Waals surface area (Å²) in [6, 6.07) is 26.2. The molecule has 3 aromatic carbocycles. The second-order valence-electron chi connectivity index (χ2n) is 6.10. The van der Waals surface area contributed by atoms with Crippen LogP contribution in [0.5, 0.6) is 0 Å². The zero-order valence-corrected chi connectivity index (χ0v) is 13.9. The molecule has 0 radical (unpaired) electrons. The number of fused-ring (bicyclic) bond motifs is 1. The largest absolute Gasteiger partial charge is 0.298 e. The Morgan fingerprint density at radius 3 is 2.28 bits per heavy atom. The summed E-state index contributed by atoms with van der Waals surface area (Å²) in [6.07, 6.45) is 0.895. The highest BCUT2D eigenvalue weighted by atomic mass is 16.1. The molecule has 2 heteroatoms. The molecule has 0 N–H and O–H groups in total. The van der Waals surface area contributed by atoms with Crippen molar-refractivity contribution in [2.24, 2.45) is 0 Å². The Kier molecular flexibility index (Phi) is 3.87. The maximum Gasteiger partial charge on any atom is 0.152 e. The highest BCUT2D eigenvalue weighted by Crippen LogP contribution is 2.34. The lowest BCUT2D eigenvalue weighted by Gasteiger charge is -2.13. The molecule has 0 unspecified atom stereocenters. The molecule has 1 aromatic heterocycles. The van der Waals surface area contributed by atoms with Crippen LogP contribution in [0, 0.1) is 6.92 Å². The maximum atomic E-state index is 11.7. The zero-order chi connectivity index (χ0) is 17.2. The van der Waals surface area contributed by atoms with E-state index in [0.29, 0.717) is 5.56 Å². The van der Waals surface area contributed by atoms with Gasteiger partial charge in [0.1, 0.15) is 0 Å². The van der Waals surface area contributed by atoms with E-state index in [1.165, 1.54) is 0 Å². The Hall–Kier alpha value is -3.26. The minimum atomic E-state index is 0.612. The summed E-state index contributed by atoms with van der Waals surface area (Å²) in [5, 5.41) is 0.989. The van der Waals surface area contributed by atoms with Gasteiger partial charge in [-0.1, -0.05) is 72.8 Å². The van der Waals surface area contributed by atoms with E-state index < -0.39 is 0 Å². The van der Waals surface area contributed by atoms with Gasteiger partial charge in [0.2, 0.25) is 0 Å². The van der Waals surface area contributed by atoms with E-state index in [1.54, 1.807) is 0 Å². The van der Waals surface area contributed by atoms with Crippen LogP contribution in [0.3, 0.4) is 0 Å². The van der Waals surface area contributed by atoms with Gasteiger partial charge in [-0.05, 0) is 29.7 Å². The molecule has 0 aliphatic rings. The SMILES string of the molecule is Cc1cccc2cc(C=O)c(-c3ccccc3-c3ccccc3)nc12. The Balaban J connectivity index is 2.03. The van der Waals surface area contributed by atoms with Crippen LogP contribution in [0.1, 0.15) is 15.9 Å². The predicted molar refractivity (Wildman–Crippen MR) is 103 cm³/mol. The Bertz CT molecular complexity index is 1070. The lowest BCUT2D eigenvalue weighted by Crippen LogP contribution is -1.96. The molecule has 4 rings (SSSR count).